The predicted octanol–water partition coefficient (Wildman–Crippen LogP) is 2.61. The second-order valence-corrected chi connectivity index (χ2v) is 6.06. The summed E-state index contributed by atoms with van der Waals surface area (Å²) in [7, 11) is 0. The number of nitrogens with zero attached hydrogens (tertiary/aromatic N) is 1. The highest BCUT2D eigenvalue weighted by atomic mass is 32.1. The van der Waals surface area contributed by atoms with Crippen molar-refractivity contribution < 1.29 is 4.79 Å². The lowest BCUT2D eigenvalue weighted by atomic mass is 10.0. The van der Waals surface area contributed by atoms with Crippen LogP contribution < -0.4 is 5.32 Å². The second kappa shape index (κ2) is 5.19. The van der Waals surface area contributed by atoms with E-state index < -0.39 is 0 Å². The molecule has 2 rings (SSSR count). The van der Waals surface area contributed by atoms with Gasteiger partial charge in [-0.15, -0.1) is 11.3 Å². The fraction of sp³-hybridized carbons (Fsp3) is 0.615. The first kappa shape index (κ1) is 12.6. The highest BCUT2D eigenvalue weighted by Crippen LogP contribution is 2.29. The SMILES string of the molecule is CC(C)CC(C)N1C(=O)CNC1c1cccs1. The Morgan fingerprint density at radius 1 is 1.53 bits per heavy atom. The zero-order valence-corrected chi connectivity index (χ0v) is 11.5. The molecule has 2 atom stereocenters. The monoisotopic (exact) mass is 252 g/mol. The van der Waals surface area contributed by atoms with Gasteiger partial charge in [-0.05, 0) is 30.7 Å². The zero-order chi connectivity index (χ0) is 12.4. The van der Waals surface area contributed by atoms with Crippen LogP contribution in [0.25, 0.3) is 0 Å². The number of nitrogens with one attached hydrogen (secondary N) is 1. The number of amides is 1. The van der Waals surface area contributed by atoms with Crippen molar-refractivity contribution in [3.8, 4) is 0 Å². The van der Waals surface area contributed by atoms with E-state index in [0.717, 1.165) is 6.42 Å². The van der Waals surface area contributed by atoms with Gasteiger partial charge in [0, 0.05) is 10.9 Å². The lowest BCUT2D eigenvalue weighted by molar-refractivity contribution is -0.130. The molecule has 2 heterocycles. The maximum Gasteiger partial charge on any atom is 0.238 e. The molecular weight excluding hydrogens is 232 g/mol. The Morgan fingerprint density at radius 3 is 2.88 bits per heavy atom. The van der Waals surface area contributed by atoms with Gasteiger partial charge in [0.15, 0.2) is 0 Å². The van der Waals surface area contributed by atoms with Gasteiger partial charge in [0.1, 0.15) is 6.17 Å². The summed E-state index contributed by atoms with van der Waals surface area (Å²) in [5.74, 6) is 0.832. The average molecular weight is 252 g/mol. The summed E-state index contributed by atoms with van der Waals surface area (Å²) in [6.45, 7) is 7.01. The minimum absolute atomic E-state index is 0.0799. The number of hydrogen-bond donors (Lipinski definition) is 1. The van der Waals surface area contributed by atoms with Gasteiger partial charge in [-0.25, -0.2) is 0 Å². The van der Waals surface area contributed by atoms with E-state index in [2.05, 4.69) is 37.5 Å². The summed E-state index contributed by atoms with van der Waals surface area (Å²) >= 11 is 1.71. The summed E-state index contributed by atoms with van der Waals surface area (Å²) in [5, 5.41) is 5.36. The van der Waals surface area contributed by atoms with E-state index in [1.54, 1.807) is 11.3 Å². The lowest BCUT2D eigenvalue weighted by Gasteiger charge is -2.31. The van der Waals surface area contributed by atoms with Crippen molar-refractivity contribution in [1.82, 2.24) is 10.2 Å². The summed E-state index contributed by atoms with van der Waals surface area (Å²) in [4.78, 5) is 15.2. The highest BCUT2D eigenvalue weighted by Gasteiger charge is 2.35. The molecule has 1 aliphatic heterocycles. The van der Waals surface area contributed by atoms with Crippen molar-refractivity contribution in [1.29, 1.82) is 0 Å². The first-order valence-electron chi connectivity index (χ1n) is 6.17. The Balaban J connectivity index is 2.14. The molecule has 2 unspecified atom stereocenters. The third-order valence-electron chi connectivity index (χ3n) is 3.11. The van der Waals surface area contributed by atoms with Crippen molar-refractivity contribution in [2.24, 2.45) is 5.92 Å². The average Bonchev–Trinajstić information content (AvgIpc) is 2.84. The third kappa shape index (κ3) is 2.69. The molecule has 0 spiro atoms. The quantitative estimate of drug-likeness (QED) is 0.893. The molecule has 1 fully saturated rings. The number of thiophene rings is 1. The fourth-order valence-corrected chi connectivity index (χ4v) is 3.30. The van der Waals surface area contributed by atoms with Crippen LogP contribution in [0.2, 0.25) is 0 Å². The highest BCUT2D eigenvalue weighted by molar-refractivity contribution is 7.10. The minimum Gasteiger partial charge on any atom is -0.318 e. The minimum atomic E-state index is 0.0799. The predicted molar refractivity (Wildman–Crippen MR) is 70.8 cm³/mol. The summed E-state index contributed by atoms with van der Waals surface area (Å²) in [5.41, 5.74) is 0. The molecular formula is C13H20N2OS. The first-order chi connectivity index (χ1) is 8.09. The van der Waals surface area contributed by atoms with Gasteiger partial charge in [0.05, 0.1) is 6.54 Å². The summed E-state index contributed by atoms with van der Waals surface area (Å²) in [6.07, 6.45) is 1.13. The van der Waals surface area contributed by atoms with Gasteiger partial charge in [-0.3, -0.25) is 10.1 Å². The Kier molecular flexibility index (Phi) is 3.84. The maximum atomic E-state index is 12.0. The Hall–Kier alpha value is -0.870. The third-order valence-corrected chi connectivity index (χ3v) is 4.04. The van der Waals surface area contributed by atoms with Crippen molar-refractivity contribution in [2.75, 3.05) is 6.54 Å². The van der Waals surface area contributed by atoms with Crippen molar-refractivity contribution in [3.05, 3.63) is 22.4 Å². The Bertz CT molecular complexity index is 375. The molecule has 3 nitrogen and oxygen atoms in total. The van der Waals surface area contributed by atoms with E-state index in [4.69, 9.17) is 0 Å². The molecule has 0 aromatic carbocycles. The lowest BCUT2D eigenvalue weighted by Crippen LogP contribution is -2.38. The van der Waals surface area contributed by atoms with E-state index in [-0.39, 0.29) is 12.1 Å². The van der Waals surface area contributed by atoms with Crippen LogP contribution in [0.4, 0.5) is 0 Å². The molecule has 1 amide bonds. The van der Waals surface area contributed by atoms with Crippen molar-refractivity contribution in [2.45, 2.75) is 39.4 Å². The molecule has 1 aliphatic rings. The number of carbonyl (C=O) groups excluding carboxylic acids is 1. The zero-order valence-electron chi connectivity index (χ0n) is 10.6. The summed E-state index contributed by atoms with van der Waals surface area (Å²) < 4.78 is 0. The molecule has 94 valence electrons. The van der Waals surface area contributed by atoms with Gasteiger partial charge in [-0.1, -0.05) is 19.9 Å². The van der Waals surface area contributed by atoms with E-state index in [9.17, 15) is 4.79 Å². The number of rotatable bonds is 4. The van der Waals surface area contributed by atoms with Crippen LogP contribution in [0.5, 0.6) is 0 Å². The molecule has 1 aromatic rings. The number of carbonyl (C=O) groups is 1. The molecule has 0 aliphatic carbocycles. The van der Waals surface area contributed by atoms with Crippen molar-refractivity contribution >= 4 is 17.2 Å². The van der Waals surface area contributed by atoms with Crippen LogP contribution in [-0.4, -0.2) is 23.4 Å². The van der Waals surface area contributed by atoms with E-state index >= 15 is 0 Å². The molecule has 1 saturated heterocycles. The number of hydrogen-bond acceptors (Lipinski definition) is 3. The van der Waals surface area contributed by atoms with E-state index in [1.165, 1.54) is 4.88 Å². The molecule has 1 N–H and O–H groups in total. The van der Waals surface area contributed by atoms with Gasteiger partial charge >= 0.3 is 0 Å². The van der Waals surface area contributed by atoms with Crippen LogP contribution >= 0.6 is 11.3 Å². The summed E-state index contributed by atoms with van der Waals surface area (Å²) in [6, 6.07) is 4.43. The maximum absolute atomic E-state index is 12.0. The topological polar surface area (TPSA) is 32.3 Å². The first-order valence-corrected chi connectivity index (χ1v) is 7.05. The fourth-order valence-electron chi connectivity index (χ4n) is 2.50. The van der Waals surface area contributed by atoms with Crippen LogP contribution in [0.3, 0.4) is 0 Å². The van der Waals surface area contributed by atoms with E-state index in [0.29, 0.717) is 18.5 Å². The van der Waals surface area contributed by atoms with Crippen LogP contribution in [0, 0.1) is 5.92 Å². The van der Waals surface area contributed by atoms with E-state index in [1.807, 2.05) is 11.0 Å². The second-order valence-electron chi connectivity index (χ2n) is 5.08. The molecule has 4 heteroatoms. The van der Waals surface area contributed by atoms with Gasteiger partial charge < -0.3 is 4.90 Å². The molecule has 1 aromatic heterocycles. The molecule has 0 saturated carbocycles. The van der Waals surface area contributed by atoms with Gasteiger partial charge in [0.2, 0.25) is 5.91 Å². The standard InChI is InChI=1S/C13H20N2OS/c1-9(2)7-10(3)15-12(16)8-14-13(15)11-5-4-6-17-11/h4-6,9-10,13-14H,7-8H2,1-3H3. The van der Waals surface area contributed by atoms with Crippen LogP contribution in [0.1, 0.15) is 38.2 Å². The Morgan fingerprint density at radius 2 is 2.29 bits per heavy atom. The van der Waals surface area contributed by atoms with Gasteiger partial charge in [0.25, 0.3) is 0 Å². The van der Waals surface area contributed by atoms with Crippen molar-refractivity contribution in [3.63, 3.8) is 0 Å². The van der Waals surface area contributed by atoms with Crippen LogP contribution in [-0.2, 0) is 4.79 Å². The normalized spacial score (nSPS) is 22.5. The molecule has 0 bridgehead atoms. The largest absolute Gasteiger partial charge is 0.318 e. The van der Waals surface area contributed by atoms with Crippen LogP contribution in [0.15, 0.2) is 17.5 Å². The molecule has 0 radical (unpaired) electrons. The van der Waals surface area contributed by atoms with Gasteiger partial charge in [-0.2, -0.15) is 0 Å². The molecule has 17 heavy (non-hydrogen) atoms. The Labute approximate surface area is 107 Å². The smallest absolute Gasteiger partial charge is 0.238 e.